The van der Waals surface area contributed by atoms with Crippen molar-refractivity contribution in [2.45, 2.75) is 227 Å². The molecule has 0 amide bonds. The van der Waals surface area contributed by atoms with Gasteiger partial charge in [0.25, 0.3) is 0 Å². The third-order valence-electron chi connectivity index (χ3n) is 8.00. The van der Waals surface area contributed by atoms with Crippen molar-refractivity contribution in [3.05, 3.63) is 59.4 Å². The molecular formula is C44H101I4Zr3-. The van der Waals surface area contributed by atoms with Gasteiger partial charge in [0, 0.05) is 0 Å². The average Bonchev–Trinajstić information content (AvgIpc) is 3.89. The van der Waals surface area contributed by atoms with Crippen LogP contribution in [0, 0.1) is 59.4 Å². The zero-order chi connectivity index (χ0) is 29.3. The summed E-state index contributed by atoms with van der Waals surface area (Å²) in [5.74, 6) is 0. The zero-order valence-electron chi connectivity index (χ0n) is 36.4. The van der Waals surface area contributed by atoms with E-state index >= 15 is 0 Å². The maximum absolute atomic E-state index is 3.34. The Morgan fingerprint density at radius 1 is 0.333 bits per heavy atom. The Hall–Kier alpha value is 5.44. The summed E-state index contributed by atoms with van der Waals surface area (Å²) < 4.78 is 3.34. The first-order valence-corrected chi connectivity index (χ1v) is 31.9. The Balaban J connectivity index is -0.0000000215. The van der Waals surface area contributed by atoms with Gasteiger partial charge in [-0.05, 0) is 0 Å². The predicted molar refractivity (Wildman–Crippen MR) is 268 cm³/mol. The van der Waals surface area contributed by atoms with Gasteiger partial charge in [-0.1, -0.05) is 227 Å². The molecule has 0 bridgehead atoms. The van der Waals surface area contributed by atoms with Gasteiger partial charge in [-0.3, -0.25) is 0 Å². The van der Waals surface area contributed by atoms with Crippen LogP contribution in [-0.2, 0) is 76.6 Å². The summed E-state index contributed by atoms with van der Waals surface area (Å²) in [5.41, 5.74) is 0. The second kappa shape index (κ2) is 111. The van der Waals surface area contributed by atoms with E-state index in [1.807, 2.05) is 0 Å². The Morgan fingerprint density at radius 3 is 0.392 bits per heavy atom. The van der Waals surface area contributed by atoms with Crippen molar-refractivity contribution in [2.24, 2.45) is 0 Å². The predicted octanol–water partition coefficient (Wildman–Crippen LogP) is 17.1. The van der Waals surface area contributed by atoms with Crippen LogP contribution in [0.2, 0.25) is 0 Å². The van der Waals surface area contributed by atoms with Crippen LogP contribution in [-0.4, -0.2) is 4.21 Å². The minimum Gasteiger partial charge on any atom is -0.358 e. The molecule has 0 aromatic carbocycles. The van der Waals surface area contributed by atoms with Gasteiger partial charge in [-0.25, -0.2) is 0 Å². The summed E-state index contributed by atoms with van der Waals surface area (Å²) in [6.07, 6.45) is 47.6. The molecule has 7 heteroatoms. The van der Waals surface area contributed by atoms with Gasteiger partial charge in [0.1, 0.15) is 0 Å². The van der Waals surface area contributed by atoms with Crippen LogP contribution in [0.1, 0.15) is 227 Å². The molecule has 6 aliphatic rings. The van der Waals surface area contributed by atoms with Gasteiger partial charge >= 0.3 is 131 Å². The number of halogens is 4. The van der Waals surface area contributed by atoms with Crippen molar-refractivity contribution >= 4 is 65.4 Å². The molecule has 6 rings (SSSR count). The van der Waals surface area contributed by atoms with E-state index in [1.165, 1.54) is 230 Å². The Labute approximate surface area is 434 Å². The van der Waals surface area contributed by atoms with Crippen molar-refractivity contribution in [2.75, 3.05) is 0 Å². The van der Waals surface area contributed by atoms with E-state index in [9.17, 15) is 0 Å². The van der Waals surface area contributed by atoms with E-state index in [4.69, 9.17) is 0 Å². The summed E-state index contributed by atoms with van der Waals surface area (Å²) in [6, 6.07) is 0. The van der Waals surface area contributed by atoms with Crippen LogP contribution >= 0.6 is 61.2 Å². The largest absolute Gasteiger partial charge is 3.00 e. The first-order valence-electron chi connectivity index (χ1n) is 17.6. The monoisotopic (exact) mass is 1410 g/mol. The molecule has 0 nitrogen and oxygen atoms in total. The topological polar surface area (TPSA) is 0 Å². The molecule has 0 atom stereocenters. The van der Waals surface area contributed by atoms with E-state index in [-0.39, 0.29) is 143 Å². The first-order chi connectivity index (χ1) is 19.3. The van der Waals surface area contributed by atoms with Crippen LogP contribution in [0.15, 0.2) is 0 Å². The summed E-state index contributed by atoms with van der Waals surface area (Å²) in [7, 11) is 0. The fourth-order valence-corrected chi connectivity index (χ4v) is 5.30. The Morgan fingerprint density at radius 2 is 0.373 bits per heavy atom. The van der Waals surface area contributed by atoms with E-state index < -0.39 is 0 Å². The minimum absolute atomic E-state index is 0. The number of hydrogen-bond donors (Lipinski definition) is 0. The molecule has 2 radical (unpaired) electrons. The third kappa shape index (κ3) is 119. The first kappa shape index (κ1) is 101. The van der Waals surface area contributed by atoms with Crippen LogP contribution in [0.5, 0.6) is 0 Å². The van der Waals surface area contributed by atoms with Gasteiger partial charge < -0.3 is 59.4 Å². The number of rotatable bonds is 1. The molecule has 6 aliphatic carbocycles. The van der Waals surface area contributed by atoms with Crippen molar-refractivity contribution < 1.29 is 89.9 Å². The molecule has 0 unspecified atom stereocenters. The maximum Gasteiger partial charge on any atom is 3.00 e. The molecule has 6 saturated carbocycles. The molecule has 318 valence electrons. The summed E-state index contributed by atoms with van der Waals surface area (Å²) in [6.45, 7) is 4.36. The third-order valence-corrected chi connectivity index (χ3v) is 8.00. The summed E-state index contributed by atoms with van der Waals surface area (Å²) >= 11 is 6.60. The molecule has 0 spiro atoms. The number of unbranched alkanes of at least 4 members (excludes halogenated alkanes) is 1. The van der Waals surface area contributed by atoms with E-state index in [0.29, 0.717) is 13.3 Å². The van der Waals surface area contributed by atoms with Gasteiger partial charge in [-0.15, -0.1) is 24.0 Å². The smallest absolute Gasteiger partial charge is 0.358 e. The van der Waals surface area contributed by atoms with Gasteiger partial charge in [-0.2, -0.15) is 0 Å². The van der Waals surface area contributed by atoms with Crippen LogP contribution in [0.25, 0.3) is 0 Å². The van der Waals surface area contributed by atoms with Crippen LogP contribution in [0.4, 0.5) is 0 Å². The molecule has 6 fully saturated rings. The zero-order valence-corrected chi connectivity index (χ0v) is 52.6. The second-order valence-electron chi connectivity index (χ2n) is 11.7. The quantitative estimate of drug-likeness (QED) is 0.181. The minimum atomic E-state index is 0. The van der Waals surface area contributed by atoms with Crippen LogP contribution in [0.3, 0.4) is 0 Å². The molecule has 0 heterocycles. The molecule has 0 aromatic heterocycles. The Bertz CT molecular complexity index is 233. The van der Waals surface area contributed by atoms with Crippen molar-refractivity contribution in [3.8, 4) is 0 Å². The molecule has 0 saturated heterocycles. The van der Waals surface area contributed by atoms with E-state index in [2.05, 4.69) is 55.3 Å². The standard InChI is InChI=1S/6C5H10.C4H10.CH4.8CH3.CH2.I3.HI.3Zr/c6*1-2-4-5-3-1;1-3-4-2;;;;;;;;;;;1-3-2;;;;/h6*1-5H2;3-4H2,1-2H3;1H4;8*1H3;1H2;;1H;;;/q;;;;;;;;8*-1;;-1;;+2;2*+3. The fraction of sp³-hybridized carbons (Fsp3) is 0.795. The fourth-order valence-electron chi connectivity index (χ4n) is 5.30. The van der Waals surface area contributed by atoms with Gasteiger partial charge in [0.2, 0.25) is 0 Å². The van der Waals surface area contributed by atoms with E-state index in [1.54, 1.807) is 0 Å². The normalized spacial score (nSPS) is 15.3. The molecule has 0 aliphatic heterocycles. The SMILES string of the molecule is C.C1CCCC1.C1CCCC1.C1CCCC1.C1CCCC1.C1CCCC1.C1CCCC1.CCCC.I.I[I-]I.[CH2]=[Zr+2].[CH3-].[CH3-].[CH3-].[CH3-].[CH3-].[CH3-].[CH3-].[CH3-].[Zr+3].[Zr+3]. The molecule has 0 N–H and O–H groups in total. The van der Waals surface area contributed by atoms with E-state index in [0.717, 1.165) is 0 Å². The molecule has 51 heavy (non-hydrogen) atoms. The summed E-state index contributed by atoms with van der Waals surface area (Å²) in [5, 5.41) is 0. The van der Waals surface area contributed by atoms with Crippen molar-refractivity contribution in [1.29, 1.82) is 0 Å². The van der Waals surface area contributed by atoms with Crippen LogP contribution < -0.4 is 13.3 Å². The maximum atomic E-state index is 3.34. The van der Waals surface area contributed by atoms with Gasteiger partial charge in [0.15, 0.2) is 0 Å². The Kier molecular flexibility index (Phi) is 220. The number of hydrogen-bond acceptors (Lipinski definition) is 0. The average molecular weight is 1410 g/mol. The van der Waals surface area contributed by atoms with Crippen molar-refractivity contribution in [3.63, 3.8) is 0 Å². The van der Waals surface area contributed by atoms with Crippen molar-refractivity contribution in [1.82, 2.24) is 0 Å². The summed E-state index contributed by atoms with van der Waals surface area (Å²) in [4.78, 5) is 0. The second-order valence-corrected chi connectivity index (χ2v) is 27.9. The molecule has 0 aromatic rings. The molecular weight excluding hydrogens is 1310 g/mol. The van der Waals surface area contributed by atoms with Gasteiger partial charge in [0.05, 0.1) is 0 Å².